The van der Waals surface area contributed by atoms with Gasteiger partial charge in [0.1, 0.15) is 18.5 Å². The van der Waals surface area contributed by atoms with Gasteiger partial charge in [-0.05, 0) is 88.5 Å². The highest BCUT2D eigenvalue weighted by molar-refractivity contribution is 5.66. The molecule has 3 fully saturated rings. The third kappa shape index (κ3) is 10.7. The standard InChI is InChI=1S/C33H46O8/c1-24-14-16-25(17-15-24)39-23-26(40-32-12-6-8-20-37-32)18-19-28-27(10-4-2-3-5-11-31(35)36)29(34)22-30(28)41-33-13-7-9-21-38-33/h3-4,14-19,26-30,32-34H,5-13,20-23H2,1H3,(H,35,36)/b19-18+/t2?,26?,27-,28-,29?,30?,32?,33?/m1/s1. The minimum absolute atomic E-state index is 0.0645. The summed E-state index contributed by atoms with van der Waals surface area (Å²) in [5.41, 5.74) is 4.26. The fourth-order valence-corrected chi connectivity index (χ4v) is 5.63. The Hall–Kier alpha value is -2.45. The van der Waals surface area contributed by atoms with Crippen molar-refractivity contribution in [3.05, 3.63) is 59.9 Å². The molecule has 0 radical (unpaired) electrons. The molecule has 8 heteroatoms. The van der Waals surface area contributed by atoms with Crippen molar-refractivity contribution in [2.24, 2.45) is 11.8 Å². The number of ether oxygens (including phenoxy) is 5. The second-order valence-corrected chi connectivity index (χ2v) is 11.2. The van der Waals surface area contributed by atoms with Gasteiger partial charge in [-0.3, -0.25) is 4.79 Å². The highest BCUT2D eigenvalue weighted by atomic mass is 16.7. The van der Waals surface area contributed by atoms with Gasteiger partial charge in [0.25, 0.3) is 0 Å². The minimum Gasteiger partial charge on any atom is -0.491 e. The first-order valence-electron chi connectivity index (χ1n) is 15.2. The highest BCUT2D eigenvalue weighted by Crippen LogP contribution is 2.39. The first-order chi connectivity index (χ1) is 20.0. The lowest BCUT2D eigenvalue weighted by molar-refractivity contribution is -0.193. The van der Waals surface area contributed by atoms with Crippen LogP contribution in [0.4, 0.5) is 0 Å². The fraction of sp³-hybridized carbons (Fsp3) is 0.636. The molecule has 0 bridgehead atoms. The maximum atomic E-state index is 11.1. The van der Waals surface area contributed by atoms with Gasteiger partial charge in [0.2, 0.25) is 0 Å². The number of aliphatic carboxylic acids is 1. The number of rotatable bonds is 14. The van der Waals surface area contributed by atoms with Crippen molar-refractivity contribution in [2.45, 2.75) is 102 Å². The van der Waals surface area contributed by atoms with Crippen LogP contribution in [0.15, 0.2) is 54.3 Å². The van der Waals surface area contributed by atoms with Crippen molar-refractivity contribution in [3.8, 4) is 5.75 Å². The Morgan fingerprint density at radius 3 is 2.49 bits per heavy atom. The zero-order valence-corrected chi connectivity index (χ0v) is 24.2. The summed E-state index contributed by atoms with van der Waals surface area (Å²) in [6, 6.07) is 7.96. The molecule has 41 heavy (non-hydrogen) atoms. The largest absolute Gasteiger partial charge is 0.491 e. The molecule has 1 aromatic carbocycles. The Kier molecular flexibility index (Phi) is 12.9. The number of hydrogen-bond donors (Lipinski definition) is 2. The van der Waals surface area contributed by atoms with E-state index in [1.54, 1.807) is 6.08 Å². The second kappa shape index (κ2) is 16.9. The van der Waals surface area contributed by atoms with Crippen molar-refractivity contribution < 1.29 is 38.7 Å². The van der Waals surface area contributed by atoms with E-state index in [1.807, 2.05) is 43.3 Å². The van der Waals surface area contributed by atoms with Crippen molar-refractivity contribution in [2.75, 3.05) is 19.8 Å². The Balaban J connectivity index is 1.47. The Labute approximate surface area is 244 Å². The molecule has 5 unspecified atom stereocenters. The number of aryl methyl sites for hydroxylation is 1. The van der Waals surface area contributed by atoms with Crippen LogP contribution in [0.3, 0.4) is 0 Å². The lowest BCUT2D eigenvalue weighted by Gasteiger charge is -2.29. The van der Waals surface area contributed by atoms with Crippen molar-refractivity contribution in [3.63, 3.8) is 0 Å². The van der Waals surface area contributed by atoms with Gasteiger partial charge in [-0.1, -0.05) is 29.8 Å². The van der Waals surface area contributed by atoms with Gasteiger partial charge in [0.15, 0.2) is 12.6 Å². The SMILES string of the molecule is Cc1ccc(OCC(/C=C/[C@H]2C(OC3CCCCO3)CC(O)[C@@H]2CC=C=CCCC(=O)O)OC2CCCCO2)cc1. The van der Waals surface area contributed by atoms with E-state index in [0.29, 0.717) is 39.1 Å². The van der Waals surface area contributed by atoms with Crippen molar-refractivity contribution >= 4 is 5.97 Å². The van der Waals surface area contributed by atoms with E-state index < -0.39 is 12.1 Å². The topological polar surface area (TPSA) is 104 Å². The summed E-state index contributed by atoms with van der Waals surface area (Å²) in [6.45, 7) is 3.77. The first-order valence-corrected chi connectivity index (χ1v) is 15.2. The number of benzene rings is 1. The van der Waals surface area contributed by atoms with Gasteiger partial charge in [0.05, 0.1) is 12.2 Å². The molecule has 1 aromatic rings. The molecule has 0 amide bonds. The van der Waals surface area contributed by atoms with Crippen molar-refractivity contribution in [1.29, 1.82) is 0 Å². The number of hydrogen-bond acceptors (Lipinski definition) is 7. The van der Waals surface area contributed by atoms with E-state index >= 15 is 0 Å². The van der Waals surface area contributed by atoms with E-state index in [1.165, 1.54) is 5.56 Å². The zero-order valence-electron chi connectivity index (χ0n) is 24.2. The van der Waals surface area contributed by atoms with E-state index in [0.717, 1.165) is 44.3 Å². The summed E-state index contributed by atoms with van der Waals surface area (Å²) in [5, 5.41) is 19.9. The van der Waals surface area contributed by atoms with Crippen LogP contribution in [0.25, 0.3) is 0 Å². The molecule has 0 spiro atoms. The Morgan fingerprint density at radius 1 is 1.07 bits per heavy atom. The van der Waals surface area contributed by atoms with Gasteiger partial charge in [-0.15, -0.1) is 5.73 Å². The van der Waals surface area contributed by atoms with Crippen LogP contribution < -0.4 is 4.74 Å². The van der Waals surface area contributed by atoms with Gasteiger partial charge < -0.3 is 33.9 Å². The summed E-state index contributed by atoms with van der Waals surface area (Å²) in [6.07, 6.45) is 13.7. The minimum atomic E-state index is -0.828. The predicted molar refractivity (Wildman–Crippen MR) is 154 cm³/mol. The quantitative estimate of drug-likeness (QED) is 0.216. The molecule has 7 atom stereocenters. The number of carbonyl (C=O) groups is 1. The molecule has 1 aliphatic carbocycles. The van der Waals surface area contributed by atoms with E-state index in [4.69, 9.17) is 28.8 Å². The van der Waals surface area contributed by atoms with Crippen LogP contribution in [-0.4, -0.2) is 66.9 Å². The van der Waals surface area contributed by atoms with Gasteiger partial charge >= 0.3 is 5.97 Å². The normalized spacial score (nSPS) is 29.1. The lowest BCUT2D eigenvalue weighted by atomic mass is 9.89. The molecule has 4 rings (SSSR count). The number of aliphatic hydroxyl groups excluding tert-OH is 1. The molecule has 2 heterocycles. The molecule has 1 saturated carbocycles. The third-order valence-electron chi connectivity index (χ3n) is 7.93. The van der Waals surface area contributed by atoms with Gasteiger partial charge in [-0.2, -0.15) is 0 Å². The van der Waals surface area contributed by atoms with E-state index in [9.17, 15) is 9.90 Å². The molecular weight excluding hydrogens is 524 g/mol. The monoisotopic (exact) mass is 570 g/mol. The summed E-state index contributed by atoms with van der Waals surface area (Å²) < 4.78 is 30.6. The van der Waals surface area contributed by atoms with Gasteiger partial charge in [0, 0.05) is 32.0 Å². The Bertz CT molecular complexity index is 1000. The number of aliphatic hydroxyl groups is 1. The molecule has 2 aliphatic heterocycles. The lowest BCUT2D eigenvalue weighted by Crippen LogP contribution is -2.32. The van der Waals surface area contributed by atoms with Crippen LogP contribution in [0, 0.1) is 18.8 Å². The summed E-state index contributed by atoms with van der Waals surface area (Å²) in [7, 11) is 0. The maximum absolute atomic E-state index is 11.1. The molecular formula is C33H46O8. The number of allylic oxidation sites excluding steroid dienone is 1. The average molecular weight is 571 g/mol. The van der Waals surface area contributed by atoms with Gasteiger partial charge in [-0.25, -0.2) is 0 Å². The zero-order chi connectivity index (χ0) is 28.9. The second-order valence-electron chi connectivity index (χ2n) is 11.2. The smallest absolute Gasteiger partial charge is 0.303 e. The van der Waals surface area contributed by atoms with Crippen LogP contribution in [0.1, 0.15) is 69.8 Å². The van der Waals surface area contributed by atoms with Crippen molar-refractivity contribution in [1.82, 2.24) is 0 Å². The molecule has 226 valence electrons. The Morgan fingerprint density at radius 2 is 1.80 bits per heavy atom. The predicted octanol–water partition coefficient (Wildman–Crippen LogP) is 5.72. The number of carboxylic acids is 1. The summed E-state index contributed by atoms with van der Waals surface area (Å²) in [4.78, 5) is 10.8. The molecule has 2 N–H and O–H groups in total. The molecule has 0 aromatic heterocycles. The van der Waals surface area contributed by atoms with Crippen LogP contribution in [0.2, 0.25) is 0 Å². The van der Waals surface area contributed by atoms with Crippen LogP contribution in [-0.2, 0) is 23.7 Å². The first kappa shape index (κ1) is 31.5. The van der Waals surface area contributed by atoms with Crippen LogP contribution >= 0.6 is 0 Å². The molecule has 2 saturated heterocycles. The summed E-state index contributed by atoms with van der Waals surface area (Å²) >= 11 is 0. The molecule has 3 aliphatic rings. The maximum Gasteiger partial charge on any atom is 0.303 e. The fourth-order valence-electron chi connectivity index (χ4n) is 5.63. The average Bonchev–Trinajstić information content (AvgIpc) is 3.27. The van der Waals surface area contributed by atoms with Crippen LogP contribution in [0.5, 0.6) is 5.75 Å². The van der Waals surface area contributed by atoms with E-state index in [2.05, 4.69) is 11.8 Å². The van der Waals surface area contributed by atoms with E-state index in [-0.39, 0.29) is 43.0 Å². The molecule has 8 nitrogen and oxygen atoms in total. The highest BCUT2D eigenvalue weighted by Gasteiger charge is 2.42. The summed E-state index contributed by atoms with van der Waals surface area (Å²) in [5.74, 6) is -0.187. The third-order valence-corrected chi connectivity index (χ3v) is 7.93. The number of carboxylic acid groups (broad SMARTS) is 1.